The number of esters is 1. The summed E-state index contributed by atoms with van der Waals surface area (Å²) in [5, 5.41) is 0. The molecule has 0 aliphatic heterocycles. The predicted molar refractivity (Wildman–Crippen MR) is 89.6 cm³/mol. The molecule has 0 saturated heterocycles. The van der Waals surface area contributed by atoms with Gasteiger partial charge in [0, 0.05) is 18.8 Å². The normalized spacial score (nSPS) is 21.6. The summed E-state index contributed by atoms with van der Waals surface area (Å²) < 4.78 is 4.63. The van der Waals surface area contributed by atoms with Crippen molar-refractivity contribution < 1.29 is 14.3 Å². The molecule has 1 rings (SSSR count). The van der Waals surface area contributed by atoms with Crippen LogP contribution in [0.4, 0.5) is 0 Å². The van der Waals surface area contributed by atoms with Gasteiger partial charge in [0.05, 0.1) is 7.11 Å². The average molecular weight is 308 g/mol. The Morgan fingerprint density at radius 3 is 2.64 bits per heavy atom. The van der Waals surface area contributed by atoms with Crippen LogP contribution in [0.2, 0.25) is 0 Å². The first kappa shape index (κ1) is 18.9. The molecule has 0 aromatic heterocycles. The van der Waals surface area contributed by atoms with Crippen LogP contribution < -0.4 is 0 Å². The number of unbranched alkanes of at least 4 members (excludes halogenated alkanes) is 4. The van der Waals surface area contributed by atoms with Crippen LogP contribution >= 0.6 is 0 Å². The third-order valence-electron chi connectivity index (χ3n) is 4.72. The number of rotatable bonds is 11. The first-order valence-corrected chi connectivity index (χ1v) is 8.93. The van der Waals surface area contributed by atoms with E-state index in [4.69, 9.17) is 0 Å². The molecule has 3 nitrogen and oxygen atoms in total. The van der Waals surface area contributed by atoms with Crippen LogP contribution in [0.5, 0.6) is 0 Å². The molecular formula is C19H32O3. The second kappa shape index (κ2) is 11.4. The van der Waals surface area contributed by atoms with Crippen molar-refractivity contribution >= 4 is 11.8 Å². The Kier molecular flexibility index (Phi) is 9.85. The molecule has 0 amide bonds. The molecule has 2 unspecified atom stereocenters. The van der Waals surface area contributed by atoms with Crippen LogP contribution in [0.15, 0.2) is 12.2 Å². The third-order valence-corrected chi connectivity index (χ3v) is 4.72. The maximum atomic E-state index is 12.0. The van der Waals surface area contributed by atoms with Crippen molar-refractivity contribution in [1.29, 1.82) is 0 Å². The Labute approximate surface area is 135 Å². The zero-order valence-corrected chi connectivity index (χ0v) is 14.3. The Balaban J connectivity index is 2.11. The van der Waals surface area contributed by atoms with Crippen molar-refractivity contribution in [3.05, 3.63) is 12.2 Å². The molecular weight excluding hydrogens is 276 g/mol. The number of allylic oxidation sites excluding steroid dienone is 2. The van der Waals surface area contributed by atoms with Crippen molar-refractivity contribution in [3.8, 4) is 0 Å². The Hall–Kier alpha value is -1.12. The summed E-state index contributed by atoms with van der Waals surface area (Å²) in [4.78, 5) is 23.0. The lowest BCUT2D eigenvalue weighted by molar-refractivity contribution is -0.140. The Bertz CT molecular complexity index is 360. The molecule has 1 aliphatic rings. The van der Waals surface area contributed by atoms with Gasteiger partial charge in [0.1, 0.15) is 5.78 Å². The highest BCUT2D eigenvalue weighted by molar-refractivity contribution is 5.83. The third kappa shape index (κ3) is 7.24. The van der Waals surface area contributed by atoms with Crippen molar-refractivity contribution in [2.24, 2.45) is 11.8 Å². The molecule has 0 aromatic rings. The molecule has 0 heterocycles. The second-order valence-electron chi connectivity index (χ2n) is 6.37. The van der Waals surface area contributed by atoms with E-state index in [0.29, 0.717) is 18.1 Å². The molecule has 126 valence electrons. The average Bonchev–Trinajstić information content (AvgIpc) is 2.87. The lowest BCUT2D eigenvalue weighted by Crippen LogP contribution is -2.14. The number of Topliss-reactive ketones (excluding diaryl/α,β-unsaturated/α-hetero) is 1. The number of ketones is 1. The highest BCUT2D eigenvalue weighted by atomic mass is 16.5. The molecule has 0 spiro atoms. The van der Waals surface area contributed by atoms with Crippen LogP contribution in [0, 0.1) is 11.8 Å². The molecule has 22 heavy (non-hydrogen) atoms. The molecule has 3 heteroatoms. The van der Waals surface area contributed by atoms with E-state index in [2.05, 4.69) is 23.8 Å². The summed E-state index contributed by atoms with van der Waals surface area (Å²) in [5.74, 6) is 1.25. The van der Waals surface area contributed by atoms with Gasteiger partial charge < -0.3 is 4.74 Å². The van der Waals surface area contributed by atoms with Gasteiger partial charge in [0.2, 0.25) is 0 Å². The van der Waals surface area contributed by atoms with E-state index in [1.807, 2.05) is 0 Å². The Morgan fingerprint density at radius 2 is 1.91 bits per heavy atom. The van der Waals surface area contributed by atoms with Crippen LogP contribution in [0.3, 0.4) is 0 Å². The topological polar surface area (TPSA) is 43.4 Å². The minimum atomic E-state index is -0.104. The number of ether oxygens (including phenoxy) is 1. The number of carbonyl (C=O) groups excluding carboxylic acids is 2. The highest BCUT2D eigenvalue weighted by Gasteiger charge is 2.32. The fourth-order valence-electron chi connectivity index (χ4n) is 3.36. The van der Waals surface area contributed by atoms with E-state index in [-0.39, 0.29) is 11.9 Å². The first-order chi connectivity index (χ1) is 10.7. The Morgan fingerprint density at radius 1 is 1.18 bits per heavy atom. The van der Waals surface area contributed by atoms with Gasteiger partial charge in [0.15, 0.2) is 0 Å². The van der Waals surface area contributed by atoms with Crippen LogP contribution in [0.25, 0.3) is 0 Å². The lowest BCUT2D eigenvalue weighted by Gasteiger charge is -2.16. The number of methoxy groups -OCH3 is 1. The summed E-state index contributed by atoms with van der Waals surface area (Å²) in [5.41, 5.74) is 0. The molecule has 1 aliphatic carbocycles. The maximum absolute atomic E-state index is 12.0. The standard InChI is InChI=1S/C19H32O3/c1-3-4-8-12-17-16(14-15-18(17)20)11-9-6-5-7-10-13-19(21)22-2/h4,8,16-17H,3,5-7,9-15H2,1-2H3/b8-4-. The summed E-state index contributed by atoms with van der Waals surface area (Å²) >= 11 is 0. The molecule has 0 aromatic carbocycles. The zero-order valence-electron chi connectivity index (χ0n) is 14.3. The molecule has 0 N–H and O–H groups in total. The van der Waals surface area contributed by atoms with Crippen LogP contribution in [0.1, 0.15) is 77.6 Å². The summed E-state index contributed by atoms with van der Waals surface area (Å²) in [6.45, 7) is 2.13. The second-order valence-corrected chi connectivity index (χ2v) is 6.37. The van der Waals surface area contributed by atoms with E-state index in [1.165, 1.54) is 32.8 Å². The van der Waals surface area contributed by atoms with E-state index >= 15 is 0 Å². The van der Waals surface area contributed by atoms with E-state index < -0.39 is 0 Å². The van der Waals surface area contributed by atoms with E-state index in [0.717, 1.165) is 38.5 Å². The van der Waals surface area contributed by atoms with Gasteiger partial charge in [-0.3, -0.25) is 9.59 Å². The zero-order chi connectivity index (χ0) is 16.2. The largest absolute Gasteiger partial charge is 0.469 e. The molecule has 0 bridgehead atoms. The van der Waals surface area contributed by atoms with Crippen LogP contribution in [-0.4, -0.2) is 18.9 Å². The summed E-state index contributed by atoms with van der Waals surface area (Å²) in [7, 11) is 1.44. The fraction of sp³-hybridized carbons (Fsp3) is 0.789. The van der Waals surface area contributed by atoms with Crippen molar-refractivity contribution in [1.82, 2.24) is 0 Å². The fourth-order valence-corrected chi connectivity index (χ4v) is 3.36. The predicted octanol–water partition coefficient (Wildman–Crippen LogP) is 4.84. The quantitative estimate of drug-likeness (QED) is 0.311. The lowest BCUT2D eigenvalue weighted by atomic mass is 9.87. The van der Waals surface area contributed by atoms with Gasteiger partial charge in [-0.2, -0.15) is 0 Å². The van der Waals surface area contributed by atoms with E-state index in [9.17, 15) is 9.59 Å². The smallest absolute Gasteiger partial charge is 0.305 e. The minimum absolute atomic E-state index is 0.104. The van der Waals surface area contributed by atoms with Gasteiger partial charge in [-0.1, -0.05) is 44.8 Å². The minimum Gasteiger partial charge on any atom is -0.469 e. The number of carbonyl (C=O) groups is 2. The van der Waals surface area contributed by atoms with Crippen molar-refractivity contribution in [2.45, 2.75) is 77.6 Å². The molecule has 0 radical (unpaired) electrons. The van der Waals surface area contributed by atoms with Gasteiger partial charge in [-0.05, 0) is 38.0 Å². The molecule has 1 saturated carbocycles. The maximum Gasteiger partial charge on any atom is 0.305 e. The van der Waals surface area contributed by atoms with Crippen molar-refractivity contribution in [2.75, 3.05) is 7.11 Å². The highest BCUT2D eigenvalue weighted by Crippen LogP contribution is 2.35. The summed E-state index contributed by atoms with van der Waals surface area (Å²) in [6, 6.07) is 0. The SMILES string of the molecule is CC/C=C\CC1C(=O)CCC1CCCCCCCC(=O)OC. The van der Waals surface area contributed by atoms with Gasteiger partial charge in [0.25, 0.3) is 0 Å². The number of hydrogen-bond donors (Lipinski definition) is 0. The molecule has 2 atom stereocenters. The number of hydrogen-bond acceptors (Lipinski definition) is 3. The monoisotopic (exact) mass is 308 g/mol. The van der Waals surface area contributed by atoms with Gasteiger partial charge in [-0.15, -0.1) is 0 Å². The summed E-state index contributed by atoms with van der Waals surface area (Å²) in [6.07, 6.45) is 15.6. The van der Waals surface area contributed by atoms with Crippen LogP contribution in [-0.2, 0) is 14.3 Å². The first-order valence-electron chi connectivity index (χ1n) is 8.93. The van der Waals surface area contributed by atoms with Gasteiger partial charge >= 0.3 is 5.97 Å². The van der Waals surface area contributed by atoms with Gasteiger partial charge in [-0.25, -0.2) is 0 Å². The van der Waals surface area contributed by atoms with Crippen molar-refractivity contribution in [3.63, 3.8) is 0 Å². The van der Waals surface area contributed by atoms with E-state index in [1.54, 1.807) is 0 Å². The molecule has 1 fully saturated rings.